The molecule has 1 unspecified atom stereocenters. The van der Waals surface area contributed by atoms with Crippen molar-refractivity contribution in [3.63, 3.8) is 0 Å². The standard InChI is InChI=1S/C30H32N4O4/c1-19(2)13-15-38-24-12-9-22(16-25(24)37-4)29-26-27(21-7-10-23(36-3)11-8-21)32-33-28(26)30(35)34(29)18-20-6-5-14-31-17-20/h5-12,14,16-17,19,29H,13,15,18H2,1-4H3,(H,32,33). The van der Waals surface area contributed by atoms with E-state index >= 15 is 0 Å². The number of carbonyl (C=O) groups is 1. The molecule has 5 rings (SSSR count). The Morgan fingerprint density at radius 1 is 1.03 bits per heavy atom. The molecule has 1 aliphatic rings. The van der Waals surface area contributed by atoms with Gasteiger partial charge in [0.2, 0.25) is 0 Å². The molecule has 8 nitrogen and oxygen atoms in total. The lowest BCUT2D eigenvalue weighted by molar-refractivity contribution is 0.0729. The molecule has 0 aliphatic carbocycles. The van der Waals surface area contributed by atoms with Gasteiger partial charge in [-0.1, -0.05) is 26.0 Å². The van der Waals surface area contributed by atoms with E-state index < -0.39 is 0 Å². The van der Waals surface area contributed by atoms with Crippen molar-refractivity contribution in [2.45, 2.75) is 32.9 Å². The summed E-state index contributed by atoms with van der Waals surface area (Å²) >= 11 is 0. The van der Waals surface area contributed by atoms with Gasteiger partial charge in [-0.15, -0.1) is 0 Å². The molecule has 4 aromatic rings. The number of carbonyl (C=O) groups excluding carboxylic acids is 1. The fraction of sp³-hybridized carbons (Fsp3) is 0.300. The number of methoxy groups -OCH3 is 2. The lowest BCUT2D eigenvalue weighted by atomic mass is 9.95. The molecule has 1 aliphatic heterocycles. The van der Waals surface area contributed by atoms with Crippen molar-refractivity contribution < 1.29 is 19.0 Å². The molecule has 1 amide bonds. The van der Waals surface area contributed by atoms with E-state index in [9.17, 15) is 4.79 Å². The number of rotatable bonds is 10. The molecule has 0 saturated heterocycles. The molecule has 2 aromatic carbocycles. The van der Waals surface area contributed by atoms with Gasteiger partial charge in [-0.2, -0.15) is 5.10 Å². The third-order valence-corrected chi connectivity index (χ3v) is 6.76. The Hall–Kier alpha value is -4.33. The van der Waals surface area contributed by atoms with Crippen molar-refractivity contribution in [2.75, 3.05) is 20.8 Å². The van der Waals surface area contributed by atoms with Crippen molar-refractivity contribution in [3.05, 3.63) is 89.4 Å². The second kappa shape index (κ2) is 11.0. The van der Waals surface area contributed by atoms with Crippen LogP contribution in [0.5, 0.6) is 17.2 Å². The zero-order valence-electron chi connectivity index (χ0n) is 22.1. The van der Waals surface area contributed by atoms with Crippen molar-refractivity contribution >= 4 is 5.91 Å². The Labute approximate surface area is 222 Å². The van der Waals surface area contributed by atoms with Crippen molar-refractivity contribution in [1.82, 2.24) is 20.1 Å². The Bertz CT molecular complexity index is 1400. The lowest BCUT2D eigenvalue weighted by Gasteiger charge is -2.27. The van der Waals surface area contributed by atoms with Gasteiger partial charge in [0, 0.05) is 30.1 Å². The second-order valence-corrected chi connectivity index (χ2v) is 9.73. The average Bonchev–Trinajstić information content (AvgIpc) is 3.48. The van der Waals surface area contributed by atoms with Gasteiger partial charge in [0.05, 0.1) is 32.6 Å². The highest BCUT2D eigenvalue weighted by Gasteiger charge is 2.42. The van der Waals surface area contributed by atoms with Crippen LogP contribution in [0.3, 0.4) is 0 Å². The largest absolute Gasteiger partial charge is 0.497 e. The zero-order chi connectivity index (χ0) is 26.6. The minimum atomic E-state index is -0.382. The third-order valence-electron chi connectivity index (χ3n) is 6.76. The molecular formula is C30H32N4O4. The lowest BCUT2D eigenvalue weighted by Crippen LogP contribution is -2.29. The molecule has 0 spiro atoms. The van der Waals surface area contributed by atoms with Crippen LogP contribution in [0.2, 0.25) is 0 Å². The minimum Gasteiger partial charge on any atom is -0.497 e. The van der Waals surface area contributed by atoms with Crippen LogP contribution >= 0.6 is 0 Å². The predicted octanol–water partition coefficient (Wildman–Crippen LogP) is 5.66. The molecule has 8 heteroatoms. The number of aromatic amines is 1. The summed E-state index contributed by atoms with van der Waals surface area (Å²) in [6, 6.07) is 17.0. The molecule has 0 saturated carbocycles. The number of H-pyrrole nitrogens is 1. The van der Waals surface area contributed by atoms with Crippen LogP contribution < -0.4 is 14.2 Å². The van der Waals surface area contributed by atoms with Gasteiger partial charge in [0.25, 0.3) is 5.91 Å². The number of ether oxygens (including phenoxy) is 3. The quantitative estimate of drug-likeness (QED) is 0.295. The van der Waals surface area contributed by atoms with Gasteiger partial charge in [-0.05, 0) is 65.9 Å². The molecule has 196 valence electrons. The first kappa shape index (κ1) is 25.3. The SMILES string of the molecule is COc1ccc(-c2n[nH]c3c2C(c2ccc(OCCC(C)C)c(OC)c2)N(Cc2cccnc2)C3=O)cc1. The summed E-state index contributed by atoms with van der Waals surface area (Å²) in [7, 11) is 3.27. The summed E-state index contributed by atoms with van der Waals surface area (Å²) in [6.07, 6.45) is 4.46. The number of nitrogens with one attached hydrogen (secondary N) is 1. The summed E-state index contributed by atoms with van der Waals surface area (Å²) in [4.78, 5) is 19.8. The van der Waals surface area contributed by atoms with E-state index in [2.05, 4.69) is 29.0 Å². The summed E-state index contributed by atoms with van der Waals surface area (Å²) in [5.41, 5.74) is 4.79. The van der Waals surface area contributed by atoms with Crippen LogP contribution in [0, 0.1) is 5.92 Å². The first-order valence-corrected chi connectivity index (χ1v) is 12.7. The first-order chi connectivity index (χ1) is 18.5. The molecule has 3 heterocycles. The van der Waals surface area contributed by atoms with Crippen LogP contribution in [-0.4, -0.2) is 46.8 Å². The number of hydrogen-bond acceptors (Lipinski definition) is 6. The van der Waals surface area contributed by atoms with Crippen LogP contribution in [-0.2, 0) is 6.54 Å². The van der Waals surface area contributed by atoms with Gasteiger partial charge in [0.15, 0.2) is 11.5 Å². The average molecular weight is 513 g/mol. The highest BCUT2D eigenvalue weighted by atomic mass is 16.5. The Morgan fingerprint density at radius 2 is 1.84 bits per heavy atom. The fourth-order valence-electron chi connectivity index (χ4n) is 4.74. The summed E-state index contributed by atoms with van der Waals surface area (Å²) < 4.78 is 17.1. The van der Waals surface area contributed by atoms with Crippen LogP contribution in [0.25, 0.3) is 11.3 Å². The maximum Gasteiger partial charge on any atom is 0.273 e. The highest BCUT2D eigenvalue weighted by Crippen LogP contribution is 2.45. The topological polar surface area (TPSA) is 89.6 Å². The number of fused-ring (bicyclic) bond motifs is 1. The van der Waals surface area contributed by atoms with Crippen LogP contribution in [0.4, 0.5) is 0 Å². The van der Waals surface area contributed by atoms with Gasteiger partial charge >= 0.3 is 0 Å². The Balaban J connectivity index is 1.57. The Morgan fingerprint density at radius 3 is 2.53 bits per heavy atom. The third kappa shape index (κ3) is 4.94. The predicted molar refractivity (Wildman–Crippen MR) is 144 cm³/mol. The van der Waals surface area contributed by atoms with E-state index in [1.54, 1.807) is 26.6 Å². The molecule has 1 N–H and O–H groups in total. The zero-order valence-corrected chi connectivity index (χ0v) is 22.1. The number of benzene rings is 2. The van der Waals surface area contributed by atoms with Crippen molar-refractivity contribution in [1.29, 1.82) is 0 Å². The van der Waals surface area contributed by atoms with E-state index in [0.717, 1.165) is 40.1 Å². The smallest absolute Gasteiger partial charge is 0.273 e. The van der Waals surface area contributed by atoms with Crippen LogP contribution in [0.15, 0.2) is 67.0 Å². The summed E-state index contributed by atoms with van der Waals surface area (Å²) in [5.74, 6) is 2.49. The maximum atomic E-state index is 13.7. The molecule has 0 bridgehead atoms. The molecule has 1 atom stereocenters. The van der Waals surface area contributed by atoms with E-state index in [4.69, 9.17) is 14.2 Å². The van der Waals surface area contributed by atoms with Gasteiger partial charge < -0.3 is 19.1 Å². The molecule has 2 aromatic heterocycles. The monoisotopic (exact) mass is 512 g/mol. The fourth-order valence-corrected chi connectivity index (χ4v) is 4.74. The minimum absolute atomic E-state index is 0.114. The Kier molecular flexibility index (Phi) is 7.31. The van der Waals surface area contributed by atoms with E-state index in [-0.39, 0.29) is 11.9 Å². The van der Waals surface area contributed by atoms with Crippen LogP contribution in [0.1, 0.15) is 53.5 Å². The molecule has 38 heavy (non-hydrogen) atoms. The molecule has 0 radical (unpaired) electrons. The van der Waals surface area contributed by atoms with E-state index in [1.807, 2.05) is 59.5 Å². The summed E-state index contributed by atoms with van der Waals surface area (Å²) in [5, 5.41) is 7.58. The molecular weight excluding hydrogens is 480 g/mol. The van der Waals surface area contributed by atoms with Crippen molar-refractivity contribution in [2.24, 2.45) is 5.92 Å². The number of hydrogen-bond donors (Lipinski definition) is 1. The maximum absolute atomic E-state index is 13.7. The number of pyridine rings is 1. The number of amides is 1. The molecule has 0 fully saturated rings. The first-order valence-electron chi connectivity index (χ1n) is 12.7. The number of aromatic nitrogens is 3. The highest BCUT2D eigenvalue weighted by molar-refractivity contribution is 6.00. The van der Waals surface area contributed by atoms with E-state index in [0.29, 0.717) is 36.3 Å². The second-order valence-electron chi connectivity index (χ2n) is 9.73. The van der Waals surface area contributed by atoms with E-state index in [1.165, 1.54) is 0 Å². The normalized spacial score (nSPS) is 14.6. The van der Waals surface area contributed by atoms with Gasteiger partial charge in [-0.3, -0.25) is 14.9 Å². The van der Waals surface area contributed by atoms with Gasteiger partial charge in [0.1, 0.15) is 11.4 Å². The summed E-state index contributed by atoms with van der Waals surface area (Å²) in [6.45, 7) is 5.34. The number of nitrogens with zero attached hydrogens (tertiary/aromatic N) is 3. The van der Waals surface area contributed by atoms with Gasteiger partial charge in [-0.25, -0.2) is 0 Å². The van der Waals surface area contributed by atoms with Crippen molar-refractivity contribution in [3.8, 4) is 28.5 Å².